The summed E-state index contributed by atoms with van der Waals surface area (Å²) in [6.07, 6.45) is 5.92. The van der Waals surface area contributed by atoms with Gasteiger partial charge in [0.1, 0.15) is 6.26 Å². The van der Waals surface area contributed by atoms with Crippen molar-refractivity contribution in [2.24, 2.45) is 5.92 Å². The lowest BCUT2D eigenvalue weighted by Gasteiger charge is -2.23. The summed E-state index contributed by atoms with van der Waals surface area (Å²) in [5, 5.41) is 0.833. The van der Waals surface area contributed by atoms with Gasteiger partial charge < -0.3 is 4.42 Å². The molecule has 1 aromatic rings. The summed E-state index contributed by atoms with van der Waals surface area (Å²) in [6.45, 7) is 1.96. The molecule has 2 nitrogen and oxygen atoms in total. The summed E-state index contributed by atoms with van der Waals surface area (Å²) in [4.78, 5) is 4.24. The van der Waals surface area contributed by atoms with Gasteiger partial charge in [0, 0.05) is 5.75 Å². The van der Waals surface area contributed by atoms with Crippen LogP contribution in [0.25, 0.3) is 0 Å². The lowest BCUT2D eigenvalue weighted by molar-refractivity contribution is 0.351. The molecule has 1 aromatic heterocycles. The van der Waals surface area contributed by atoms with Crippen LogP contribution in [0.5, 0.6) is 0 Å². The first kappa shape index (κ1) is 8.17. The molecule has 0 N–H and O–H groups in total. The van der Waals surface area contributed by atoms with Gasteiger partial charge in [-0.05, 0) is 25.7 Å². The zero-order valence-corrected chi connectivity index (χ0v) is 8.06. The van der Waals surface area contributed by atoms with Crippen LogP contribution in [0.2, 0.25) is 0 Å². The summed E-state index contributed by atoms with van der Waals surface area (Å²) in [5.41, 5.74) is 0.978. The van der Waals surface area contributed by atoms with Crippen molar-refractivity contribution < 1.29 is 4.42 Å². The van der Waals surface area contributed by atoms with Gasteiger partial charge in [-0.1, -0.05) is 18.2 Å². The largest absolute Gasteiger partial charge is 0.440 e. The molecule has 0 aliphatic heterocycles. The highest BCUT2D eigenvalue weighted by atomic mass is 32.2. The highest BCUT2D eigenvalue weighted by molar-refractivity contribution is 7.99. The summed E-state index contributed by atoms with van der Waals surface area (Å²) < 4.78 is 5.24. The standard InChI is InChI=1S/C9H13NOS/c1-7-5-11-9(10-7)12-6-8-3-2-4-8/h5,8H,2-4,6H2,1H3. The van der Waals surface area contributed by atoms with E-state index in [1.54, 1.807) is 18.0 Å². The van der Waals surface area contributed by atoms with Crippen molar-refractivity contribution in [2.75, 3.05) is 5.75 Å². The predicted octanol–water partition coefficient (Wildman–Crippen LogP) is 2.88. The van der Waals surface area contributed by atoms with Crippen molar-refractivity contribution in [3.05, 3.63) is 12.0 Å². The van der Waals surface area contributed by atoms with E-state index in [1.165, 1.54) is 25.0 Å². The molecule has 66 valence electrons. The number of thioether (sulfide) groups is 1. The van der Waals surface area contributed by atoms with Crippen molar-refractivity contribution >= 4 is 11.8 Å². The van der Waals surface area contributed by atoms with Crippen molar-refractivity contribution in [1.29, 1.82) is 0 Å². The Morgan fingerprint density at radius 1 is 1.67 bits per heavy atom. The molecule has 0 unspecified atom stereocenters. The summed E-state index contributed by atoms with van der Waals surface area (Å²) in [6, 6.07) is 0. The first-order valence-corrected chi connectivity index (χ1v) is 5.38. The van der Waals surface area contributed by atoms with E-state index < -0.39 is 0 Å². The van der Waals surface area contributed by atoms with Crippen molar-refractivity contribution in [2.45, 2.75) is 31.4 Å². The van der Waals surface area contributed by atoms with Gasteiger partial charge in [-0.3, -0.25) is 0 Å². The zero-order valence-electron chi connectivity index (χ0n) is 7.25. The highest BCUT2D eigenvalue weighted by Gasteiger charge is 2.18. The molecule has 12 heavy (non-hydrogen) atoms. The smallest absolute Gasteiger partial charge is 0.255 e. The molecule has 1 saturated carbocycles. The van der Waals surface area contributed by atoms with Gasteiger partial charge in [-0.25, -0.2) is 4.98 Å². The van der Waals surface area contributed by atoms with Gasteiger partial charge in [0.15, 0.2) is 0 Å². The second-order valence-electron chi connectivity index (χ2n) is 3.36. The second kappa shape index (κ2) is 3.52. The Labute approximate surface area is 76.8 Å². The fourth-order valence-corrected chi connectivity index (χ4v) is 2.28. The van der Waals surface area contributed by atoms with Crippen LogP contribution in [-0.2, 0) is 0 Å². The Hall–Kier alpha value is -0.440. The predicted molar refractivity (Wildman–Crippen MR) is 49.3 cm³/mol. The van der Waals surface area contributed by atoms with Crippen molar-refractivity contribution in [1.82, 2.24) is 4.98 Å². The number of nitrogens with zero attached hydrogens (tertiary/aromatic N) is 1. The van der Waals surface area contributed by atoms with E-state index in [2.05, 4.69) is 4.98 Å². The number of oxazole rings is 1. The van der Waals surface area contributed by atoms with Gasteiger partial charge in [0.05, 0.1) is 5.69 Å². The Morgan fingerprint density at radius 3 is 3.00 bits per heavy atom. The monoisotopic (exact) mass is 183 g/mol. The first-order valence-electron chi connectivity index (χ1n) is 4.39. The molecular formula is C9H13NOS. The van der Waals surface area contributed by atoms with Gasteiger partial charge in [0.2, 0.25) is 0 Å². The molecule has 1 fully saturated rings. The number of hydrogen-bond donors (Lipinski definition) is 0. The van der Waals surface area contributed by atoms with Gasteiger partial charge in [-0.15, -0.1) is 0 Å². The maximum Gasteiger partial charge on any atom is 0.255 e. The van der Waals surface area contributed by atoms with E-state index in [9.17, 15) is 0 Å². The maximum absolute atomic E-state index is 5.24. The summed E-state index contributed by atoms with van der Waals surface area (Å²) in [7, 11) is 0. The number of aryl methyl sites for hydroxylation is 1. The highest BCUT2D eigenvalue weighted by Crippen LogP contribution is 2.31. The van der Waals surface area contributed by atoms with Crippen LogP contribution in [0.15, 0.2) is 15.9 Å². The molecule has 0 bridgehead atoms. The molecule has 0 aromatic carbocycles. The van der Waals surface area contributed by atoms with E-state index >= 15 is 0 Å². The molecule has 2 rings (SSSR count). The topological polar surface area (TPSA) is 26.0 Å². The normalized spacial score (nSPS) is 17.8. The van der Waals surface area contributed by atoms with Crippen LogP contribution >= 0.6 is 11.8 Å². The van der Waals surface area contributed by atoms with Crippen LogP contribution in [0, 0.1) is 12.8 Å². The first-order chi connectivity index (χ1) is 5.84. The minimum atomic E-state index is 0.833. The fraction of sp³-hybridized carbons (Fsp3) is 0.667. The van der Waals surface area contributed by atoms with Crippen LogP contribution < -0.4 is 0 Å². The molecule has 1 aliphatic carbocycles. The summed E-state index contributed by atoms with van der Waals surface area (Å²) in [5.74, 6) is 2.10. The molecule has 1 heterocycles. The fourth-order valence-electron chi connectivity index (χ4n) is 1.25. The lowest BCUT2D eigenvalue weighted by atomic mass is 9.87. The zero-order chi connectivity index (χ0) is 8.39. The van der Waals surface area contributed by atoms with Gasteiger partial charge in [0.25, 0.3) is 5.22 Å². The molecule has 1 aliphatic rings. The Kier molecular flexibility index (Phi) is 2.40. The minimum absolute atomic E-state index is 0.833. The second-order valence-corrected chi connectivity index (χ2v) is 4.33. The number of rotatable bonds is 3. The third-order valence-corrected chi connectivity index (χ3v) is 3.34. The number of aromatic nitrogens is 1. The molecule has 0 atom stereocenters. The van der Waals surface area contributed by atoms with Crippen LogP contribution in [0.4, 0.5) is 0 Å². The molecular weight excluding hydrogens is 170 g/mol. The van der Waals surface area contributed by atoms with Crippen molar-refractivity contribution in [3.8, 4) is 0 Å². The number of hydrogen-bond acceptors (Lipinski definition) is 3. The van der Waals surface area contributed by atoms with E-state index in [0.717, 1.165) is 16.8 Å². The van der Waals surface area contributed by atoms with E-state index in [1.807, 2.05) is 6.92 Å². The van der Waals surface area contributed by atoms with Crippen LogP contribution in [0.1, 0.15) is 25.0 Å². The van der Waals surface area contributed by atoms with E-state index in [0.29, 0.717) is 0 Å². The van der Waals surface area contributed by atoms with Gasteiger partial charge in [-0.2, -0.15) is 0 Å². The summed E-state index contributed by atoms with van der Waals surface area (Å²) >= 11 is 1.75. The quantitative estimate of drug-likeness (QED) is 0.674. The molecule has 0 spiro atoms. The lowest BCUT2D eigenvalue weighted by Crippen LogP contribution is -2.13. The van der Waals surface area contributed by atoms with Crippen molar-refractivity contribution in [3.63, 3.8) is 0 Å². The average molecular weight is 183 g/mol. The molecule has 0 saturated heterocycles. The Balaban J connectivity index is 1.79. The maximum atomic E-state index is 5.24. The molecule has 0 amide bonds. The minimum Gasteiger partial charge on any atom is -0.440 e. The van der Waals surface area contributed by atoms with Crippen LogP contribution in [-0.4, -0.2) is 10.7 Å². The third-order valence-electron chi connectivity index (χ3n) is 2.27. The molecule has 0 radical (unpaired) electrons. The van der Waals surface area contributed by atoms with Crippen LogP contribution in [0.3, 0.4) is 0 Å². The van der Waals surface area contributed by atoms with E-state index in [-0.39, 0.29) is 0 Å². The average Bonchev–Trinajstić information content (AvgIpc) is 2.32. The Bertz CT molecular complexity index is 255. The van der Waals surface area contributed by atoms with Gasteiger partial charge >= 0.3 is 0 Å². The third kappa shape index (κ3) is 1.83. The van der Waals surface area contributed by atoms with E-state index in [4.69, 9.17) is 4.42 Å². The SMILES string of the molecule is Cc1coc(SCC2CCC2)n1. The molecule has 3 heteroatoms. The Morgan fingerprint density at radius 2 is 2.50 bits per heavy atom.